The summed E-state index contributed by atoms with van der Waals surface area (Å²) in [5.41, 5.74) is 0. The third-order valence-corrected chi connectivity index (χ3v) is 2.25. The molecule has 0 amide bonds. The van der Waals surface area contributed by atoms with Gasteiger partial charge in [0.15, 0.2) is 5.79 Å². The molecule has 0 aromatic carbocycles. The van der Waals surface area contributed by atoms with Crippen molar-refractivity contribution in [2.24, 2.45) is 0 Å². The molecular formula is C8H15NO3. The van der Waals surface area contributed by atoms with Crippen molar-refractivity contribution in [2.75, 3.05) is 33.0 Å². The lowest BCUT2D eigenvalue weighted by Crippen LogP contribution is -2.51. The van der Waals surface area contributed by atoms with Crippen LogP contribution >= 0.6 is 0 Å². The van der Waals surface area contributed by atoms with Crippen LogP contribution < -0.4 is 5.32 Å². The first-order valence-electron chi connectivity index (χ1n) is 4.38. The maximum atomic E-state index is 5.43. The highest BCUT2D eigenvalue weighted by atomic mass is 16.7. The van der Waals surface area contributed by atoms with Crippen LogP contribution in [0.2, 0.25) is 0 Å². The summed E-state index contributed by atoms with van der Waals surface area (Å²) in [5, 5.41) is 3.33. The zero-order valence-corrected chi connectivity index (χ0v) is 7.34. The van der Waals surface area contributed by atoms with Crippen LogP contribution in [-0.4, -0.2) is 44.8 Å². The van der Waals surface area contributed by atoms with Gasteiger partial charge in [-0.2, -0.15) is 0 Å². The summed E-state index contributed by atoms with van der Waals surface area (Å²) in [6.07, 6.45) is 0. The standard InChI is InChI=1S/C8H15NO3/c1-8(11-2-3-12-8)6-9-7-4-10-5-7/h7,9H,2-6H2,1H3. The van der Waals surface area contributed by atoms with Crippen LogP contribution in [0.3, 0.4) is 0 Å². The van der Waals surface area contributed by atoms with E-state index in [1.807, 2.05) is 6.92 Å². The van der Waals surface area contributed by atoms with Crippen molar-refractivity contribution < 1.29 is 14.2 Å². The summed E-state index contributed by atoms with van der Waals surface area (Å²) in [5.74, 6) is -0.407. The number of hydrogen-bond acceptors (Lipinski definition) is 4. The van der Waals surface area contributed by atoms with E-state index in [1.165, 1.54) is 0 Å². The predicted octanol–water partition coefficient (Wildman–Crippen LogP) is -0.262. The van der Waals surface area contributed by atoms with Gasteiger partial charge in [-0.05, 0) is 6.92 Å². The second kappa shape index (κ2) is 3.30. The topological polar surface area (TPSA) is 39.7 Å². The molecule has 2 heterocycles. The lowest BCUT2D eigenvalue weighted by Gasteiger charge is -2.31. The fraction of sp³-hybridized carbons (Fsp3) is 1.00. The van der Waals surface area contributed by atoms with Gasteiger partial charge in [0.25, 0.3) is 0 Å². The van der Waals surface area contributed by atoms with Crippen molar-refractivity contribution >= 4 is 0 Å². The average Bonchev–Trinajstić information content (AvgIpc) is 2.33. The van der Waals surface area contributed by atoms with Crippen molar-refractivity contribution in [3.8, 4) is 0 Å². The summed E-state index contributed by atoms with van der Waals surface area (Å²) in [4.78, 5) is 0. The van der Waals surface area contributed by atoms with E-state index in [0.29, 0.717) is 19.3 Å². The van der Waals surface area contributed by atoms with Gasteiger partial charge in [0, 0.05) is 6.54 Å². The highest BCUT2D eigenvalue weighted by Crippen LogP contribution is 2.17. The molecule has 0 atom stereocenters. The number of hydrogen-bond donors (Lipinski definition) is 1. The summed E-state index contributed by atoms with van der Waals surface area (Å²) in [6.45, 7) is 5.76. The molecule has 0 spiro atoms. The van der Waals surface area contributed by atoms with Crippen molar-refractivity contribution in [3.63, 3.8) is 0 Å². The quantitative estimate of drug-likeness (QED) is 0.638. The Hall–Kier alpha value is -0.160. The van der Waals surface area contributed by atoms with Crippen LogP contribution in [0.15, 0.2) is 0 Å². The molecule has 4 nitrogen and oxygen atoms in total. The van der Waals surface area contributed by atoms with Gasteiger partial charge in [-0.1, -0.05) is 0 Å². The Bertz CT molecular complexity index is 152. The average molecular weight is 173 g/mol. The second-order valence-electron chi connectivity index (χ2n) is 3.45. The van der Waals surface area contributed by atoms with Crippen molar-refractivity contribution in [2.45, 2.75) is 18.8 Å². The fourth-order valence-electron chi connectivity index (χ4n) is 1.34. The zero-order chi connectivity index (χ0) is 8.44. The van der Waals surface area contributed by atoms with Gasteiger partial charge in [0.2, 0.25) is 0 Å². The van der Waals surface area contributed by atoms with Crippen molar-refractivity contribution in [1.82, 2.24) is 5.32 Å². The van der Waals surface area contributed by atoms with Gasteiger partial charge in [0.1, 0.15) is 0 Å². The summed E-state index contributed by atoms with van der Waals surface area (Å²) in [6, 6.07) is 0.495. The smallest absolute Gasteiger partial charge is 0.178 e. The zero-order valence-electron chi connectivity index (χ0n) is 7.34. The second-order valence-corrected chi connectivity index (χ2v) is 3.45. The molecule has 2 rings (SSSR count). The van der Waals surface area contributed by atoms with Crippen LogP contribution in [0.25, 0.3) is 0 Å². The molecule has 0 aromatic rings. The lowest BCUT2D eigenvalue weighted by molar-refractivity contribution is -0.144. The largest absolute Gasteiger partial charge is 0.378 e. The molecule has 12 heavy (non-hydrogen) atoms. The van der Waals surface area contributed by atoms with E-state index in [4.69, 9.17) is 14.2 Å². The molecule has 0 unspecified atom stereocenters. The van der Waals surface area contributed by atoms with Crippen LogP contribution in [-0.2, 0) is 14.2 Å². The van der Waals surface area contributed by atoms with Gasteiger partial charge in [0.05, 0.1) is 32.5 Å². The molecule has 2 aliphatic heterocycles. The van der Waals surface area contributed by atoms with E-state index in [0.717, 1.165) is 19.8 Å². The predicted molar refractivity (Wildman–Crippen MR) is 42.9 cm³/mol. The van der Waals surface area contributed by atoms with E-state index in [1.54, 1.807) is 0 Å². The first kappa shape index (κ1) is 8.44. The van der Waals surface area contributed by atoms with Gasteiger partial charge in [-0.15, -0.1) is 0 Å². The Morgan fingerprint density at radius 3 is 2.50 bits per heavy atom. The maximum absolute atomic E-state index is 5.43. The summed E-state index contributed by atoms with van der Waals surface area (Å²) in [7, 11) is 0. The molecule has 4 heteroatoms. The molecule has 1 N–H and O–H groups in total. The van der Waals surface area contributed by atoms with E-state index >= 15 is 0 Å². The number of nitrogens with one attached hydrogen (secondary N) is 1. The Kier molecular flexibility index (Phi) is 2.32. The van der Waals surface area contributed by atoms with Crippen LogP contribution in [0, 0.1) is 0 Å². The minimum absolute atomic E-state index is 0.407. The molecular weight excluding hydrogens is 158 g/mol. The van der Waals surface area contributed by atoms with Gasteiger partial charge < -0.3 is 19.5 Å². The molecule has 2 aliphatic rings. The summed E-state index contributed by atoms with van der Waals surface area (Å²) < 4.78 is 15.9. The fourth-order valence-corrected chi connectivity index (χ4v) is 1.34. The molecule has 0 bridgehead atoms. The number of ether oxygens (including phenoxy) is 3. The minimum Gasteiger partial charge on any atom is -0.378 e. The van der Waals surface area contributed by atoms with Crippen LogP contribution in [0.5, 0.6) is 0 Å². The summed E-state index contributed by atoms with van der Waals surface area (Å²) >= 11 is 0. The Morgan fingerprint density at radius 2 is 2.00 bits per heavy atom. The minimum atomic E-state index is -0.407. The molecule has 0 aromatic heterocycles. The normalized spacial score (nSPS) is 28.8. The van der Waals surface area contributed by atoms with Crippen LogP contribution in [0.1, 0.15) is 6.92 Å². The Balaban J connectivity index is 1.70. The van der Waals surface area contributed by atoms with Gasteiger partial charge in [-0.25, -0.2) is 0 Å². The van der Waals surface area contributed by atoms with Gasteiger partial charge in [-0.3, -0.25) is 0 Å². The van der Waals surface area contributed by atoms with Crippen molar-refractivity contribution in [1.29, 1.82) is 0 Å². The van der Waals surface area contributed by atoms with Gasteiger partial charge >= 0.3 is 0 Å². The monoisotopic (exact) mass is 173 g/mol. The lowest BCUT2D eigenvalue weighted by atomic mass is 10.2. The maximum Gasteiger partial charge on any atom is 0.178 e. The first-order chi connectivity index (χ1) is 5.79. The highest BCUT2D eigenvalue weighted by Gasteiger charge is 2.32. The van der Waals surface area contributed by atoms with E-state index in [2.05, 4.69) is 5.32 Å². The SMILES string of the molecule is CC1(CNC2COC2)OCCO1. The molecule has 2 fully saturated rings. The number of rotatable bonds is 3. The highest BCUT2D eigenvalue weighted by molar-refractivity contribution is 4.78. The van der Waals surface area contributed by atoms with E-state index < -0.39 is 5.79 Å². The van der Waals surface area contributed by atoms with E-state index in [-0.39, 0.29) is 0 Å². The molecule has 2 saturated heterocycles. The molecule has 0 aliphatic carbocycles. The molecule has 0 radical (unpaired) electrons. The van der Waals surface area contributed by atoms with Crippen LogP contribution in [0.4, 0.5) is 0 Å². The Labute approximate surface area is 72.2 Å². The van der Waals surface area contributed by atoms with Crippen molar-refractivity contribution in [3.05, 3.63) is 0 Å². The first-order valence-corrected chi connectivity index (χ1v) is 4.38. The molecule has 0 saturated carbocycles. The Morgan fingerprint density at radius 1 is 1.33 bits per heavy atom. The molecule has 70 valence electrons. The third-order valence-electron chi connectivity index (χ3n) is 2.25. The van der Waals surface area contributed by atoms with E-state index in [9.17, 15) is 0 Å². The third kappa shape index (κ3) is 1.77.